The van der Waals surface area contributed by atoms with Crippen LogP contribution in [0.25, 0.3) is 0 Å². The Morgan fingerprint density at radius 2 is 1.32 bits per heavy atom. The molecule has 1 aliphatic rings. The molecule has 0 bridgehead atoms. The van der Waals surface area contributed by atoms with Crippen molar-refractivity contribution in [2.24, 2.45) is 17.8 Å². The minimum Gasteiger partial charge on any atom is -0.462 e. The molecule has 3 rings (SSSR count). The van der Waals surface area contributed by atoms with E-state index in [1.54, 1.807) is 0 Å². The molecule has 0 spiro atoms. The third-order valence-corrected chi connectivity index (χ3v) is 5.39. The van der Waals surface area contributed by atoms with Crippen molar-refractivity contribution in [2.75, 3.05) is 0 Å². The topological polar surface area (TPSA) is 26.3 Å². The van der Waals surface area contributed by atoms with Gasteiger partial charge >= 0.3 is 5.97 Å². The van der Waals surface area contributed by atoms with Crippen LogP contribution in [0.2, 0.25) is 0 Å². The zero-order valence-corrected chi connectivity index (χ0v) is 15.6. The fourth-order valence-corrected chi connectivity index (χ4v) is 4.08. The van der Waals surface area contributed by atoms with Crippen LogP contribution < -0.4 is 0 Å². The summed E-state index contributed by atoms with van der Waals surface area (Å²) in [4.78, 5) is 13.0. The zero-order chi connectivity index (χ0) is 18.0. The Kier molecular flexibility index (Phi) is 4.99. The molecule has 1 fully saturated rings. The second kappa shape index (κ2) is 7.03. The van der Waals surface area contributed by atoms with Gasteiger partial charge in [0.05, 0.1) is 5.92 Å². The van der Waals surface area contributed by atoms with E-state index in [2.05, 4.69) is 52.0 Å². The van der Waals surface area contributed by atoms with Crippen LogP contribution in [0.5, 0.6) is 0 Å². The van der Waals surface area contributed by atoms with Crippen LogP contribution in [0.15, 0.2) is 60.7 Å². The SMILES string of the molecule is CC(C)C(OC(=O)[C@H]1CC1(c1ccccc1)c1ccccc1)C(C)C. The highest BCUT2D eigenvalue weighted by molar-refractivity contribution is 5.81. The van der Waals surface area contributed by atoms with Gasteiger partial charge in [0.15, 0.2) is 0 Å². The van der Waals surface area contributed by atoms with Gasteiger partial charge in [0, 0.05) is 5.41 Å². The molecule has 0 radical (unpaired) electrons. The van der Waals surface area contributed by atoms with Crippen molar-refractivity contribution in [1.82, 2.24) is 0 Å². The van der Waals surface area contributed by atoms with E-state index in [1.165, 1.54) is 11.1 Å². The highest BCUT2D eigenvalue weighted by atomic mass is 16.5. The smallest absolute Gasteiger partial charge is 0.310 e. The number of rotatable bonds is 6. The fourth-order valence-electron chi connectivity index (χ4n) is 4.08. The zero-order valence-electron chi connectivity index (χ0n) is 15.6. The van der Waals surface area contributed by atoms with Gasteiger partial charge in [0.1, 0.15) is 6.10 Å². The van der Waals surface area contributed by atoms with Crippen LogP contribution in [-0.4, -0.2) is 12.1 Å². The summed E-state index contributed by atoms with van der Waals surface area (Å²) in [7, 11) is 0. The number of ether oxygens (including phenoxy) is 1. The molecule has 1 saturated carbocycles. The predicted octanol–water partition coefficient (Wildman–Crippen LogP) is 5.22. The standard InChI is InChI=1S/C23H28O2/c1-16(2)21(17(3)4)25-22(24)20-15-23(20,18-11-7-5-8-12-18)19-13-9-6-10-14-19/h5-14,16-17,20-21H,15H2,1-4H3/t20-/m1/s1. The number of esters is 1. The maximum Gasteiger partial charge on any atom is 0.310 e. The number of hydrogen-bond donors (Lipinski definition) is 0. The Hall–Kier alpha value is -2.09. The first kappa shape index (κ1) is 17.7. The van der Waals surface area contributed by atoms with Crippen LogP contribution in [0, 0.1) is 17.8 Å². The summed E-state index contributed by atoms with van der Waals surface area (Å²) in [6.45, 7) is 8.47. The van der Waals surface area contributed by atoms with E-state index in [9.17, 15) is 4.79 Å². The highest BCUT2D eigenvalue weighted by Gasteiger charge is 2.61. The van der Waals surface area contributed by atoms with E-state index < -0.39 is 0 Å². The third-order valence-electron chi connectivity index (χ3n) is 5.39. The van der Waals surface area contributed by atoms with Gasteiger partial charge in [-0.2, -0.15) is 0 Å². The summed E-state index contributed by atoms with van der Waals surface area (Å²) in [5, 5.41) is 0. The van der Waals surface area contributed by atoms with Gasteiger partial charge in [0.25, 0.3) is 0 Å². The van der Waals surface area contributed by atoms with E-state index in [-0.39, 0.29) is 23.4 Å². The highest BCUT2D eigenvalue weighted by Crippen LogP contribution is 2.59. The van der Waals surface area contributed by atoms with Crippen LogP contribution in [0.4, 0.5) is 0 Å². The van der Waals surface area contributed by atoms with Gasteiger partial charge in [-0.15, -0.1) is 0 Å². The molecule has 2 heteroatoms. The molecule has 0 N–H and O–H groups in total. The second-order valence-electron chi connectivity index (χ2n) is 7.85. The van der Waals surface area contributed by atoms with Crippen molar-refractivity contribution in [3.63, 3.8) is 0 Å². The van der Waals surface area contributed by atoms with Gasteiger partial charge in [-0.3, -0.25) is 4.79 Å². The number of carbonyl (C=O) groups is 1. The monoisotopic (exact) mass is 336 g/mol. The van der Waals surface area contributed by atoms with E-state index in [0.29, 0.717) is 11.8 Å². The molecule has 0 aliphatic heterocycles. The summed E-state index contributed by atoms with van der Waals surface area (Å²) in [5.41, 5.74) is 2.17. The Morgan fingerprint density at radius 1 is 0.880 bits per heavy atom. The summed E-state index contributed by atoms with van der Waals surface area (Å²) in [6, 6.07) is 20.7. The van der Waals surface area contributed by atoms with Crippen molar-refractivity contribution >= 4 is 5.97 Å². The lowest BCUT2D eigenvalue weighted by Crippen LogP contribution is -2.31. The lowest BCUT2D eigenvalue weighted by molar-refractivity contribution is -0.156. The summed E-state index contributed by atoms with van der Waals surface area (Å²) in [6.07, 6.45) is 0.792. The van der Waals surface area contributed by atoms with Crippen LogP contribution in [0.1, 0.15) is 45.2 Å². The van der Waals surface area contributed by atoms with Gasteiger partial charge in [-0.1, -0.05) is 88.4 Å². The Bertz CT molecular complexity index is 656. The van der Waals surface area contributed by atoms with Crippen LogP contribution in [-0.2, 0) is 14.9 Å². The second-order valence-corrected chi connectivity index (χ2v) is 7.85. The van der Waals surface area contributed by atoms with Crippen molar-refractivity contribution in [3.05, 3.63) is 71.8 Å². The molecule has 1 aliphatic carbocycles. The lowest BCUT2D eigenvalue weighted by atomic mass is 9.85. The van der Waals surface area contributed by atoms with Crippen molar-refractivity contribution in [3.8, 4) is 0 Å². The molecule has 0 amide bonds. The van der Waals surface area contributed by atoms with Crippen molar-refractivity contribution < 1.29 is 9.53 Å². The maximum atomic E-state index is 13.0. The molecule has 0 saturated heterocycles. The molecule has 0 unspecified atom stereocenters. The van der Waals surface area contributed by atoms with Gasteiger partial charge in [-0.05, 0) is 29.4 Å². The van der Waals surface area contributed by atoms with Crippen molar-refractivity contribution in [2.45, 2.75) is 45.6 Å². The number of hydrogen-bond acceptors (Lipinski definition) is 2. The molecule has 2 aromatic rings. The van der Waals surface area contributed by atoms with Crippen LogP contribution >= 0.6 is 0 Å². The maximum absolute atomic E-state index is 13.0. The first-order valence-electron chi connectivity index (χ1n) is 9.28. The lowest BCUT2D eigenvalue weighted by Gasteiger charge is -2.26. The average molecular weight is 336 g/mol. The molecule has 2 aromatic carbocycles. The average Bonchev–Trinajstić information content (AvgIpc) is 3.37. The fraction of sp³-hybridized carbons (Fsp3) is 0.435. The molecule has 2 nitrogen and oxygen atoms in total. The molecule has 25 heavy (non-hydrogen) atoms. The van der Waals surface area contributed by atoms with E-state index >= 15 is 0 Å². The quantitative estimate of drug-likeness (QED) is 0.676. The molecule has 0 heterocycles. The normalized spacial score (nSPS) is 18.6. The Morgan fingerprint density at radius 3 is 1.72 bits per heavy atom. The molecular weight excluding hydrogens is 308 g/mol. The number of benzene rings is 2. The number of carbonyl (C=O) groups excluding carboxylic acids is 1. The van der Waals surface area contributed by atoms with Gasteiger partial charge in [-0.25, -0.2) is 0 Å². The summed E-state index contributed by atoms with van der Waals surface area (Å²) >= 11 is 0. The third kappa shape index (κ3) is 3.35. The van der Waals surface area contributed by atoms with Crippen LogP contribution in [0.3, 0.4) is 0 Å². The Balaban J connectivity index is 1.89. The molecule has 1 atom stereocenters. The van der Waals surface area contributed by atoms with Gasteiger partial charge in [0.2, 0.25) is 0 Å². The minimum atomic E-state index is -0.238. The summed E-state index contributed by atoms with van der Waals surface area (Å²) in [5.74, 6) is 0.494. The minimum absolute atomic E-state index is 0.0302. The van der Waals surface area contributed by atoms with E-state index in [1.807, 2.05) is 36.4 Å². The first-order chi connectivity index (χ1) is 12.0. The molecular formula is C23H28O2. The first-order valence-corrected chi connectivity index (χ1v) is 9.28. The van der Waals surface area contributed by atoms with Gasteiger partial charge < -0.3 is 4.74 Å². The molecule has 132 valence electrons. The van der Waals surface area contributed by atoms with E-state index in [0.717, 1.165) is 6.42 Å². The van der Waals surface area contributed by atoms with Crippen molar-refractivity contribution in [1.29, 1.82) is 0 Å². The Labute approximate surface area is 151 Å². The van der Waals surface area contributed by atoms with E-state index in [4.69, 9.17) is 4.74 Å². The largest absolute Gasteiger partial charge is 0.462 e. The predicted molar refractivity (Wildman–Crippen MR) is 101 cm³/mol. The summed E-state index contributed by atoms with van der Waals surface area (Å²) < 4.78 is 5.96. The molecule has 0 aromatic heterocycles.